The van der Waals surface area contributed by atoms with Crippen LogP contribution in [0.25, 0.3) is 0 Å². The molecule has 0 radical (unpaired) electrons. The highest BCUT2D eigenvalue weighted by Gasteiger charge is 2.31. The van der Waals surface area contributed by atoms with Crippen molar-refractivity contribution in [2.24, 2.45) is 29.0 Å². The zero-order chi connectivity index (χ0) is 30.3. The van der Waals surface area contributed by atoms with Crippen LogP contribution in [0.2, 0.25) is 0 Å². The summed E-state index contributed by atoms with van der Waals surface area (Å²) in [6.45, 7) is 8.85. The number of carbonyl (C=O) groups is 6. The third kappa shape index (κ3) is 14.2. The van der Waals surface area contributed by atoms with Crippen LogP contribution in [0.1, 0.15) is 66.7 Å². The molecule has 0 saturated carbocycles. The van der Waals surface area contributed by atoms with E-state index < -0.39 is 65.7 Å². The fourth-order valence-electron chi connectivity index (χ4n) is 3.61. The summed E-state index contributed by atoms with van der Waals surface area (Å²) in [7, 11) is 0. The number of carbonyl (C=O) groups excluding carboxylic acids is 6. The number of hydrogen-bond acceptors (Lipinski definition) is 8. The molecule has 10 N–H and O–H groups in total. The minimum Gasteiger partial charge on any atom is -0.370 e. The molecule has 39 heavy (non-hydrogen) atoms. The second-order valence-corrected chi connectivity index (χ2v) is 11.1. The molecule has 0 spiro atoms. The standard InChI is InChI=1S/C25H47N7O6S/c1-7-14(4)20(21(28)34)32-25(38)17(8-9-19(27)33)30-22(35)15(5)29-24(37)18(10-11-39-6)31-23(36)16(26)12-13(2)3/h13-18,20H,7-12,26H2,1-6H3,(H2,27,33)(H2,28,34)(H,29,37)(H,30,35)(H,31,36)(H,32,38)/t14-,15-,16-,17-,18-,20-/m0/s1. The van der Waals surface area contributed by atoms with E-state index in [1.807, 2.05) is 27.0 Å². The van der Waals surface area contributed by atoms with Crippen molar-refractivity contribution in [2.45, 2.75) is 96.9 Å². The summed E-state index contributed by atoms with van der Waals surface area (Å²) < 4.78 is 0. The van der Waals surface area contributed by atoms with Crippen LogP contribution in [0.5, 0.6) is 0 Å². The van der Waals surface area contributed by atoms with Gasteiger partial charge in [0.05, 0.1) is 6.04 Å². The van der Waals surface area contributed by atoms with Crippen molar-refractivity contribution in [1.29, 1.82) is 0 Å². The summed E-state index contributed by atoms with van der Waals surface area (Å²) in [5.74, 6) is -3.38. The Balaban J connectivity index is 5.48. The minimum absolute atomic E-state index is 0.125. The van der Waals surface area contributed by atoms with Crippen LogP contribution in [-0.2, 0) is 28.8 Å². The first-order chi connectivity index (χ1) is 18.1. The third-order valence-electron chi connectivity index (χ3n) is 6.19. The summed E-state index contributed by atoms with van der Waals surface area (Å²) in [5, 5.41) is 10.3. The fourth-order valence-corrected chi connectivity index (χ4v) is 4.08. The van der Waals surface area contributed by atoms with Crippen LogP contribution >= 0.6 is 11.8 Å². The number of nitrogens with two attached hydrogens (primary N) is 3. The molecule has 0 aromatic rings. The van der Waals surface area contributed by atoms with Gasteiger partial charge in [0, 0.05) is 6.42 Å². The van der Waals surface area contributed by atoms with Gasteiger partial charge < -0.3 is 38.5 Å². The van der Waals surface area contributed by atoms with Crippen LogP contribution in [0.4, 0.5) is 0 Å². The molecule has 14 heteroatoms. The molecule has 224 valence electrons. The fraction of sp³-hybridized carbons (Fsp3) is 0.760. The molecule has 0 saturated heterocycles. The van der Waals surface area contributed by atoms with Crippen LogP contribution in [0.3, 0.4) is 0 Å². The molecule has 0 aliphatic rings. The van der Waals surface area contributed by atoms with Crippen molar-refractivity contribution in [1.82, 2.24) is 21.3 Å². The molecule has 0 aliphatic heterocycles. The van der Waals surface area contributed by atoms with E-state index in [9.17, 15) is 28.8 Å². The maximum absolute atomic E-state index is 13.0. The highest BCUT2D eigenvalue weighted by atomic mass is 32.2. The molecular weight excluding hydrogens is 526 g/mol. The summed E-state index contributed by atoms with van der Waals surface area (Å²) >= 11 is 1.49. The van der Waals surface area contributed by atoms with Crippen molar-refractivity contribution in [3.63, 3.8) is 0 Å². The first kappa shape index (κ1) is 36.1. The summed E-state index contributed by atoms with van der Waals surface area (Å²) in [5.41, 5.74) is 16.6. The van der Waals surface area contributed by atoms with E-state index >= 15 is 0 Å². The molecule has 6 amide bonds. The predicted octanol–water partition coefficient (Wildman–Crippen LogP) is -1.13. The van der Waals surface area contributed by atoms with Gasteiger partial charge in [0.15, 0.2) is 0 Å². The Kier molecular flexibility index (Phi) is 17.1. The van der Waals surface area contributed by atoms with Crippen molar-refractivity contribution in [2.75, 3.05) is 12.0 Å². The molecule has 0 unspecified atom stereocenters. The second kappa shape index (κ2) is 18.4. The SMILES string of the molecule is CC[C@H](C)[C@H](NC(=O)[C@H](CCC(N)=O)NC(=O)[C@H](C)NC(=O)[C@H](CCSC)NC(=O)[C@@H](N)CC(C)C)C(N)=O. The zero-order valence-corrected chi connectivity index (χ0v) is 24.7. The van der Waals surface area contributed by atoms with Gasteiger partial charge in [-0.05, 0) is 50.0 Å². The Morgan fingerprint density at radius 3 is 1.79 bits per heavy atom. The number of amides is 6. The molecule has 0 fully saturated rings. The van der Waals surface area contributed by atoms with Gasteiger partial charge in [0.25, 0.3) is 0 Å². The Labute approximate surface area is 235 Å². The van der Waals surface area contributed by atoms with Gasteiger partial charge >= 0.3 is 0 Å². The Morgan fingerprint density at radius 2 is 1.31 bits per heavy atom. The highest BCUT2D eigenvalue weighted by molar-refractivity contribution is 7.98. The molecule has 0 rings (SSSR count). The van der Waals surface area contributed by atoms with Gasteiger partial charge in [-0.15, -0.1) is 0 Å². The van der Waals surface area contributed by atoms with E-state index in [0.717, 1.165) is 0 Å². The van der Waals surface area contributed by atoms with Gasteiger partial charge in [0.2, 0.25) is 35.4 Å². The predicted molar refractivity (Wildman–Crippen MR) is 151 cm³/mol. The number of thioether (sulfide) groups is 1. The largest absolute Gasteiger partial charge is 0.370 e. The van der Waals surface area contributed by atoms with E-state index in [0.29, 0.717) is 25.0 Å². The Bertz CT molecular complexity index is 857. The lowest BCUT2D eigenvalue weighted by Gasteiger charge is -2.26. The van der Waals surface area contributed by atoms with E-state index in [4.69, 9.17) is 17.2 Å². The topological polar surface area (TPSA) is 229 Å². The highest BCUT2D eigenvalue weighted by Crippen LogP contribution is 2.09. The minimum atomic E-state index is -1.21. The van der Waals surface area contributed by atoms with Crippen LogP contribution in [-0.4, -0.2) is 77.7 Å². The van der Waals surface area contributed by atoms with E-state index in [1.54, 1.807) is 6.92 Å². The van der Waals surface area contributed by atoms with Gasteiger partial charge in [-0.3, -0.25) is 28.8 Å². The van der Waals surface area contributed by atoms with Gasteiger partial charge in [-0.2, -0.15) is 11.8 Å². The monoisotopic (exact) mass is 573 g/mol. The smallest absolute Gasteiger partial charge is 0.243 e. The van der Waals surface area contributed by atoms with Crippen molar-refractivity contribution in [3.05, 3.63) is 0 Å². The lowest BCUT2D eigenvalue weighted by molar-refractivity contribution is -0.134. The molecular formula is C25H47N7O6S. The molecule has 0 aromatic heterocycles. The van der Waals surface area contributed by atoms with E-state index in [1.165, 1.54) is 18.7 Å². The average Bonchev–Trinajstić information content (AvgIpc) is 2.85. The number of primary amides is 2. The van der Waals surface area contributed by atoms with Crippen LogP contribution < -0.4 is 38.5 Å². The Morgan fingerprint density at radius 1 is 0.769 bits per heavy atom. The van der Waals surface area contributed by atoms with Gasteiger partial charge in [0.1, 0.15) is 24.2 Å². The zero-order valence-electron chi connectivity index (χ0n) is 23.9. The third-order valence-corrected chi connectivity index (χ3v) is 6.83. The maximum Gasteiger partial charge on any atom is 0.243 e. The lowest BCUT2D eigenvalue weighted by Crippen LogP contribution is -2.58. The molecule has 6 atom stereocenters. The number of nitrogens with one attached hydrogen (secondary N) is 4. The molecule has 0 aromatic carbocycles. The number of rotatable bonds is 19. The molecule has 0 bridgehead atoms. The van der Waals surface area contributed by atoms with Crippen molar-refractivity contribution >= 4 is 47.2 Å². The summed E-state index contributed by atoms with van der Waals surface area (Å²) in [6.07, 6.45) is 2.85. The van der Waals surface area contributed by atoms with Crippen molar-refractivity contribution in [3.8, 4) is 0 Å². The average molecular weight is 574 g/mol. The van der Waals surface area contributed by atoms with Crippen LogP contribution in [0, 0.1) is 11.8 Å². The summed E-state index contributed by atoms with van der Waals surface area (Å²) in [4.78, 5) is 74.5. The quantitative estimate of drug-likeness (QED) is 0.0997. The molecule has 0 aliphatic carbocycles. The first-order valence-corrected chi connectivity index (χ1v) is 14.6. The summed E-state index contributed by atoms with van der Waals surface area (Å²) in [6, 6.07) is -4.98. The van der Waals surface area contributed by atoms with E-state index in [-0.39, 0.29) is 24.7 Å². The number of hydrogen-bond donors (Lipinski definition) is 7. The van der Waals surface area contributed by atoms with Gasteiger partial charge in [-0.25, -0.2) is 0 Å². The normalized spacial score (nSPS) is 15.7. The van der Waals surface area contributed by atoms with Gasteiger partial charge in [-0.1, -0.05) is 34.1 Å². The van der Waals surface area contributed by atoms with Crippen molar-refractivity contribution < 1.29 is 28.8 Å². The molecule has 13 nitrogen and oxygen atoms in total. The van der Waals surface area contributed by atoms with Crippen LogP contribution in [0.15, 0.2) is 0 Å². The first-order valence-electron chi connectivity index (χ1n) is 13.2. The second-order valence-electron chi connectivity index (χ2n) is 10.1. The lowest BCUT2D eigenvalue weighted by atomic mass is 9.98. The van der Waals surface area contributed by atoms with E-state index in [2.05, 4.69) is 21.3 Å². The maximum atomic E-state index is 13.0. The Hall–Kier alpha value is -2.87. The molecule has 0 heterocycles.